The lowest BCUT2D eigenvalue weighted by Crippen LogP contribution is -2.53. The molecule has 0 aliphatic heterocycles. The van der Waals surface area contributed by atoms with Gasteiger partial charge < -0.3 is 10.2 Å². The van der Waals surface area contributed by atoms with Crippen molar-refractivity contribution in [1.82, 2.24) is 14.5 Å². The maximum absolute atomic E-state index is 13.6. The smallest absolute Gasteiger partial charge is 0.243 e. The second-order valence-corrected chi connectivity index (χ2v) is 12.1. The van der Waals surface area contributed by atoms with Crippen molar-refractivity contribution >= 4 is 56.6 Å². The zero-order chi connectivity index (χ0) is 26.5. The molecule has 0 radical (unpaired) electrons. The number of halogens is 3. The Hall–Kier alpha value is -1.84. The molecule has 1 atom stereocenters. The first-order valence-corrected chi connectivity index (χ1v) is 14.4. The largest absolute Gasteiger partial charge is 0.352 e. The van der Waals surface area contributed by atoms with Crippen LogP contribution in [0.3, 0.4) is 0 Å². The topological polar surface area (TPSA) is 86.8 Å². The number of hydrogen-bond acceptors (Lipinski definition) is 4. The molecule has 0 bridgehead atoms. The molecule has 2 aromatic rings. The second kappa shape index (κ2) is 12.6. The number of rotatable bonds is 10. The predicted molar refractivity (Wildman–Crippen MR) is 143 cm³/mol. The fourth-order valence-electron chi connectivity index (χ4n) is 4.29. The van der Waals surface area contributed by atoms with Gasteiger partial charge in [-0.2, -0.15) is 4.31 Å². The van der Waals surface area contributed by atoms with E-state index in [0.29, 0.717) is 27.1 Å². The number of carbonyl (C=O) groups excluding carboxylic acids is 2. The molecule has 1 aliphatic rings. The van der Waals surface area contributed by atoms with Crippen LogP contribution in [0.2, 0.25) is 15.1 Å². The van der Waals surface area contributed by atoms with E-state index in [4.69, 9.17) is 34.8 Å². The summed E-state index contributed by atoms with van der Waals surface area (Å²) in [6, 6.07) is 9.94. The van der Waals surface area contributed by atoms with Gasteiger partial charge in [-0.1, -0.05) is 60.6 Å². The first-order valence-electron chi connectivity index (χ1n) is 11.8. The van der Waals surface area contributed by atoms with Gasteiger partial charge >= 0.3 is 0 Å². The molecule has 2 amide bonds. The summed E-state index contributed by atoms with van der Waals surface area (Å²) in [5.41, 5.74) is 0.490. The van der Waals surface area contributed by atoms with Crippen LogP contribution in [-0.2, 0) is 26.2 Å². The van der Waals surface area contributed by atoms with Gasteiger partial charge in [-0.3, -0.25) is 9.59 Å². The van der Waals surface area contributed by atoms with Crippen LogP contribution in [0, 0.1) is 0 Å². The summed E-state index contributed by atoms with van der Waals surface area (Å²) in [5, 5.41) is 4.16. The molecule has 0 spiro atoms. The minimum absolute atomic E-state index is 0.00826. The van der Waals surface area contributed by atoms with Crippen molar-refractivity contribution in [2.45, 2.75) is 62.6 Å². The number of amides is 2. The molecular weight excluding hydrogens is 545 g/mol. The lowest BCUT2D eigenvalue weighted by molar-refractivity contribution is -0.141. The molecular formula is C25H30Cl3N3O4S. The highest BCUT2D eigenvalue weighted by atomic mass is 35.5. The van der Waals surface area contributed by atoms with Gasteiger partial charge in [0.15, 0.2) is 0 Å². The Bertz CT molecular complexity index is 1170. The lowest BCUT2D eigenvalue weighted by Gasteiger charge is -2.33. The number of benzene rings is 2. The Morgan fingerprint density at radius 2 is 1.61 bits per heavy atom. The molecule has 0 heterocycles. The van der Waals surface area contributed by atoms with Crippen molar-refractivity contribution in [3.8, 4) is 0 Å². The Balaban J connectivity index is 1.88. The van der Waals surface area contributed by atoms with Crippen molar-refractivity contribution in [2.75, 3.05) is 13.6 Å². The van der Waals surface area contributed by atoms with Gasteiger partial charge in [0.2, 0.25) is 21.8 Å². The SMILES string of the molecule is CCC(C(=O)NC1CCCC1)N(Cc1c(Cl)cccc1Cl)C(=O)CN(C)S(=O)(=O)c1ccc(Cl)cc1. The molecule has 1 aliphatic carbocycles. The summed E-state index contributed by atoms with van der Waals surface area (Å²) >= 11 is 18.6. The van der Waals surface area contributed by atoms with E-state index < -0.39 is 28.5 Å². The molecule has 2 aromatic carbocycles. The third-order valence-corrected chi connectivity index (χ3v) is 9.14. The average Bonchev–Trinajstić information content (AvgIpc) is 3.34. The van der Waals surface area contributed by atoms with E-state index in [1.807, 2.05) is 6.92 Å². The summed E-state index contributed by atoms with van der Waals surface area (Å²) in [6.45, 7) is 1.30. The molecule has 1 saturated carbocycles. The highest BCUT2D eigenvalue weighted by molar-refractivity contribution is 7.89. The number of sulfonamides is 1. The minimum Gasteiger partial charge on any atom is -0.352 e. The summed E-state index contributed by atoms with van der Waals surface area (Å²) in [6.07, 6.45) is 4.23. The summed E-state index contributed by atoms with van der Waals surface area (Å²) in [5.74, 6) is -0.816. The van der Waals surface area contributed by atoms with Crippen LogP contribution in [0.25, 0.3) is 0 Å². The predicted octanol–water partition coefficient (Wildman–Crippen LogP) is 5.13. The van der Waals surface area contributed by atoms with E-state index >= 15 is 0 Å². The Labute approximate surface area is 227 Å². The normalized spacial score (nSPS) is 15.2. The van der Waals surface area contributed by atoms with E-state index in [2.05, 4.69) is 5.32 Å². The molecule has 1 fully saturated rings. The highest BCUT2D eigenvalue weighted by Crippen LogP contribution is 2.28. The highest BCUT2D eigenvalue weighted by Gasteiger charge is 2.33. The van der Waals surface area contributed by atoms with Crippen molar-refractivity contribution in [3.05, 3.63) is 63.1 Å². The zero-order valence-electron chi connectivity index (χ0n) is 20.2. The maximum atomic E-state index is 13.6. The van der Waals surface area contributed by atoms with Crippen molar-refractivity contribution in [2.24, 2.45) is 0 Å². The van der Waals surface area contributed by atoms with E-state index in [1.165, 1.54) is 36.2 Å². The summed E-state index contributed by atoms with van der Waals surface area (Å²) < 4.78 is 27.1. The number of nitrogens with zero attached hydrogens (tertiary/aromatic N) is 2. The fraction of sp³-hybridized carbons (Fsp3) is 0.440. The van der Waals surface area contributed by atoms with E-state index in [1.54, 1.807) is 18.2 Å². The molecule has 196 valence electrons. The van der Waals surface area contributed by atoms with Crippen LogP contribution >= 0.6 is 34.8 Å². The Morgan fingerprint density at radius 1 is 1.03 bits per heavy atom. The first-order chi connectivity index (χ1) is 17.0. The van der Waals surface area contributed by atoms with Crippen LogP contribution < -0.4 is 5.32 Å². The number of hydrogen-bond donors (Lipinski definition) is 1. The van der Waals surface area contributed by atoms with Crippen LogP contribution in [-0.4, -0.2) is 55.1 Å². The van der Waals surface area contributed by atoms with Crippen LogP contribution in [0.1, 0.15) is 44.6 Å². The summed E-state index contributed by atoms with van der Waals surface area (Å²) in [4.78, 5) is 28.2. The molecule has 0 aromatic heterocycles. The minimum atomic E-state index is -3.97. The number of likely N-dealkylation sites (N-methyl/N-ethyl adjacent to an activating group) is 1. The van der Waals surface area contributed by atoms with Gasteiger partial charge in [0, 0.05) is 40.3 Å². The lowest BCUT2D eigenvalue weighted by atomic mass is 10.1. The van der Waals surface area contributed by atoms with Gasteiger partial charge in [-0.05, 0) is 55.7 Å². The van der Waals surface area contributed by atoms with E-state index in [9.17, 15) is 18.0 Å². The van der Waals surface area contributed by atoms with Crippen molar-refractivity contribution in [1.29, 1.82) is 0 Å². The van der Waals surface area contributed by atoms with Gasteiger partial charge in [0.1, 0.15) is 6.04 Å². The number of carbonyl (C=O) groups is 2. The van der Waals surface area contributed by atoms with Gasteiger partial charge in [-0.15, -0.1) is 0 Å². The van der Waals surface area contributed by atoms with Crippen molar-refractivity contribution in [3.63, 3.8) is 0 Å². The maximum Gasteiger partial charge on any atom is 0.243 e. The van der Waals surface area contributed by atoms with Crippen LogP contribution in [0.4, 0.5) is 0 Å². The molecule has 3 rings (SSSR count). The zero-order valence-corrected chi connectivity index (χ0v) is 23.3. The number of nitrogens with one attached hydrogen (secondary N) is 1. The molecule has 1 unspecified atom stereocenters. The standard InChI is InChI=1S/C25H30Cl3N3O4S/c1-3-23(25(33)29-18-7-4-5-8-18)31(15-20-21(27)9-6-10-22(20)28)24(32)16-30(2)36(34,35)19-13-11-17(26)12-14-19/h6,9-14,18,23H,3-5,7-8,15-16H2,1-2H3,(H,29,33). The Kier molecular flexibility index (Phi) is 10.1. The molecule has 1 N–H and O–H groups in total. The van der Waals surface area contributed by atoms with Crippen LogP contribution in [0.15, 0.2) is 47.4 Å². The van der Waals surface area contributed by atoms with Crippen molar-refractivity contribution < 1.29 is 18.0 Å². The molecule has 36 heavy (non-hydrogen) atoms. The molecule has 0 saturated heterocycles. The van der Waals surface area contributed by atoms with Gasteiger partial charge in [0.05, 0.1) is 11.4 Å². The quantitative estimate of drug-likeness (QED) is 0.426. The molecule has 7 nitrogen and oxygen atoms in total. The monoisotopic (exact) mass is 573 g/mol. The second-order valence-electron chi connectivity index (χ2n) is 8.85. The van der Waals surface area contributed by atoms with Crippen LogP contribution in [0.5, 0.6) is 0 Å². The third kappa shape index (κ3) is 6.92. The third-order valence-electron chi connectivity index (χ3n) is 6.36. The van der Waals surface area contributed by atoms with Gasteiger partial charge in [-0.25, -0.2) is 8.42 Å². The Morgan fingerprint density at radius 3 is 2.17 bits per heavy atom. The molecule has 11 heteroatoms. The van der Waals surface area contributed by atoms with E-state index in [-0.39, 0.29) is 23.4 Å². The summed E-state index contributed by atoms with van der Waals surface area (Å²) in [7, 11) is -2.65. The fourth-order valence-corrected chi connectivity index (χ4v) is 6.06. The van der Waals surface area contributed by atoms with Gasteiger partial charge in [0.25, 0.3) is 0 Å². The van der Waals surface area contributed by atoms with E-state index in [0.717, 1.165) is 30.0 Å². The first kappa shape index (κ1) is 28.7. The average molecular weight is 575 g/mol.